The molecule has 0 N–H and O–H groups in total. The van der Waals surface area contributed by atoms with Crippen LogP contribution in [0.3, 0.4) is 0 Å². The maximum Gasteiger partial charge on any atom is 0.252 e. The molecule has 4 aliphatic rings. The highest BCUT2D eigenvalue weighted by Crippen LogP contribution is 2.46. The molecule has 12 heteroatoms. The third-order valence-electron chi connectivity index (χ3n) is 8.45. The van der Waals surface area contributed by atoms with Crippen LogP contribution in [0.5, 0.6) is 23.0 Å². The van der Waals surface area contributed by atoms with Gasteiger partial charge < -0.3 is 28.4 Å². The molecule has 4 aromatic rings. The second-order valence-electron chi connectivity index (χ2n) is 11.7. The van der Waals surface area contributed by atoms with E-state index in [0.29, 0.717) is 11.8 Å². The first-order valence-electron chi connectivity index (χ1n) is 16.1. The molecular weight excluding hydrogens is 673 g/mol. The molecule has 0 saturated carbocycles. The van der Waals surface area contributed by atoms with Gasteiger partial charge in [0.25, 0.3) is 11.8 Å². The lowest BCUT2D eigenvalue weighted by Gasteiger charge is -2.18. The summed E-state index contributed by atoms with van der Waals surface area (Å²) in [5.74, 6) is 5.70. The van der Waals surface area contributed by atoms with E-state index in [2.05, 4.69) is 34.5 Å². The molecule has 8 rings (SSSR count). The van der Waals surface area contributed by atoms with Crippen molar-refractivity contribution >= 4 is 35.3 Å². The highest BCUT2D eigenvalue weighted by molar-refractivity contribution is 8.02. The third-order valence-corrected chi connectivity index (χ3v) is 10.6. The Balaban J connectivity index is 0.778. The number of methoxy groups -OCH3 is 2. The number of ether oxygens (including phenoxy) is 6. The molecule has 254 valence electrons. The fourth-order valence-corrected chi connectivity index (χ4v) is 7.71. The lowest BCUT2D eigenvalue weighted by atomic mass is 10.0. The second-order valence-corrected chi connectivity index (χ2v) is 13.6. The zero-order chi connectivity index (χ0) is 33.9. The Morgan fingerprint density at radius 2 is 0.920 bits per heavy atom. The molecule has 0 amide bonds. The van der Waals surface area contributed by atoms with Crippen molar-refractivity contribution < 1.29 is 28.4 Å². The summed E-state index contributed by atoms with van der Waals surface area (Å²) < 4.78 is 34.4. The average molecular weight is 707 g/mol. The third kappa shape index (κ3) is 6.94. The maximum atomic E-state index is 6.00. The van der Waals surface area contributed by atoms with Gasteiger partial charge in [-0.3, -0.25) is 0 Å². The smallest absolute Gasteiger partial charge is 0.252 e. The first kappa shape index (κ1) is 32.0. The normalized spacial score (nSPS) is 18.7. The summed E-state index contributed by atoms with van der Waals surface area (Å²) in [6.07, 6.45) is 1.82. The van der Waals surface area contributed by atoms with Gasteiger partial charge in [-0.05, 0) is 83.6 Å². The van der Waals surface area contributed by atoms with Gasteiger partial charge in [-0.15, -0.1) is 10.2 Å². The SMILES string of the molecule is COc1ccc(C2SC=C3OC(COc4ccc(CCc5ccc(OCC6=NN7C(=CSC7c7ccc(OC)cc7)O6)cc5)cc4)=NN32)cc1. The molecule has 4 aliphatic heterocycles. The van der Waals surface area contributed by atoms with Crippen molar-refractivity contribution in [1.82, 2.24) is 10.0 Å². The highest BCUT2D eigenvalue weighted by atomic mass is 32.2. The van der Waals surface area contributed by atoms with Gasteiger partial charge in [0, 0.05) is 10.8 Å². The zero-order valence-electron chi connectivity index (χ0n) is 27.4. The van der Waals surface area contributed by atoms with Crippen LogP contribution in [0.4, 0.5) is 0 Å². The monoisotopic (exact) mass is 706 g/mol. The Morgan fingerprint density at radius 1 is 0.540 bits per heavy atom. The Hall–Kier alpha value is -5.20. The molecule has 4 aromatic carbocycles. The molecule has 2 unspecified atom stereocenters. The number of hydrazone groups is 2. The van der Waals surface area contributed by atoms with Crippen LogP contribution < -0.4 is 18.9 Å². The summed E-state index contributed by atoms with van der Waals surface area (Å²) in [5, 5.41) is 17.1. The van der Waals surface area contributed by atoms with E-state index >= 15 is 0 Å². The van der Waals surface area contributed by atoms with Crippen molar-refractivity contribution in [3.8, 4) is 23.0 Å². The maximum absolute atomic E-state index is 6.00. The van der Waals surface area contributed by atoms with Crippen LogP contribution in [0.25, 0.3) is 0 Å². The molecule has 50 heavy (non-hydrogen) atoms. The van der Waals surface area contributed by atoms with E-state index in [1.165, 1.54) is 11.1 Å². The Morgan fingerprint density at radius 3 is 1.30 bits per heavy atom. The minimum atomic E-state index is 0.0219. The van der Waals surface area contributed by atoms with E-state index < -0.39 is 0 Å². The van der Waals surface area contributed by atoms with Gasteiger partial charge >= 0.3 is 0 Å². The number of fused-ring (bicyclic) bond motifs is 2. The first-order valence-corrected chi connectivity index (χ1v) is 18.0. The summed E-state index contributed by atoms with van der Waals surface area (Å²) in [5.41, 5.74) is 4.71. The van der Waals surface area contributed by atoms with E-state index in [1.807, 2.05) is 93.6 Å². The lowest BCUT2D eigenvalue weighted by Crippen LogP contribution is -2.13. The molecule has 0 radical (unpaired) electrons. The van der Waals surface area contributed by atoms with E-state index in [1.54, 1.807) is 37.7 Å². The molecule has 0 aromatic heterocycles. The zero-order valence-corrected chi connectivity index (χ0v) is 29.1. The lowest BCUT2D eigenvalue weighted by molar-refractivity contribution is 0.256. The summed E-state index contributed by atoms with van der Waals surface area (Å²) in [6.45, 7) is 0.501. The van der Waals surface area contributed by atoms with Crippen LogP contribution in [0, 0.1) is 0 Å². The highest BCUT2D eigenvalue weighted by Gasteiger charge is 2.37. The van der Waals surface area contributed by atoms with Crippen LogP contribution in [-0.2, 0) is 22.3 Å². The quantitative estimate of drug-likeness (QED) is 0.136. The number of rotatable bonds is 13. The number of hydrogen-bond acceptors (Lipinski definition) is 12. The predicted molar refractivity (Wildman–Crippen MR) is 195 cm³/mol. The van der Waals surface area contributed by atoms with E-state index in [-0.39, 0.29) is 24.0 Å². The molecule has 0 bridgehead atoms. The van der Waals surface area contributed by atoms with Crippen LogP contribution in [-0.4, -0.2) is 49.2 Å². The molecule has 2 atom stereocenters. The van der Waals surface area contributed by atoms with Gasteiger partial charge in [-0.1, -0.05) is 72.1 Å². The minimum absolute atomic E-state index is 0.0219. The standard InChI is InChI=1S/C38H34N4O6S2/c1-43-29-17-9-27(10-18-29)37-41-35(23-49-37)47-33(39-41)21-45-31-13-5-25(6-14-31)3-4-26-7-15-32(16-8-26)46-22-34-40-42-36(48-34)24-50-38(42)28-11-19-30(44-2)20-12-28/h5-20,23-24,37-38H,3-4,21-22H2,1-2H3. The molecule has 0 spiro atoms. The molecule has 4 heterocycles. The molecule has 0 saturated heterocycles. The van der Waals surface area contributed by atoms with Crippen LogP contribution >= 0.6 is 23.5 Å². The van der Waals surface area contributed by atoms with Gasteiger partial charge in [-0.25, -0.2) is 10.0 Å². The van der Waals surface area contributed by atoms with Crippen molar-refractivity contribution in [1.29, 1.82) is 0 Å². The number of thioether (sulfide) groups is 2. The Kier molecular flexibility index (Phi) is 9.19. The summed E-state index contributed by atoms with van der Waals surface area (Å²) >= 11 is 3.32. The van der Waals surface area contributed by atoms with Gasteiger partial charge in [0.1, 0.15) is 33.7 Å². The summed E-state index contributed by atoms with van der Waals surface area (Å²) in [6, 6.07) is 32.4. The van der Waals surface area contributed by atoms with Crippen molar-refractivity contribution in [3.63, 3.8) is 0 Å². The van der Waals surface area contributed by atoms with Gasteiger partial charge in [-0.2, -0.15) is 0 Å². The summed E-state index contributed by atoms with van der Waals surface area (Å²) in [4.78, 5) is 0. The average Bonchev–Trinajstić information content (AvgIpc) is 3.95. The number of aryl methyl sites for hydroxylation is 2. The van der Waals surface area contributed by atoms with Crippen LogP contribution in [0.1, 0.15) is 33.0 Å². The largest absolute Gasteiger partial charge is 0.497 e. The second kappa shape index (κ2) is 14.3. The first-order chi connectivity index (χ1) is 24.6. The van der Waals surface area contributed by atoms with Crippen molar-refractivity contribution in [2.24, 2.45) is 10.2 Å². The molecular formula is C38H34N4O6S2. The van der Waals surface area contributed by atoms with E-state index in [9.17, 15) is 0 Å². The number of nitrogens with zero attached hydrogens (tertiary/aromatic N) is 4. The Labute approximate surface area is 298 Å². The number of hydrogen-bond donors (Lipinski definition) is 0. The van der Waals surface area contributed by atoms with E-state index in [4.69, 9.17) is 28.4 Å². The number of benzene rings is 4. The van der Waals surface area contributed by atoms with Crippen molar-refractivity contribution in [3.05, 3.63) is 142 Å². The summed E-state index contributed by atoms with van der Waals surface area (Å²) in [7, 11) is 3.33. The van der Waals surface area contributed by atoms with Gasteiger partial charge in [0.05, 0.1) is 14.2 Å². The van der Waals surface area contributed by atoms with Gasteiger partial charge in [0.15, 0.2) is 13.2 Å². The van der Waals surface area contributed by atoms with Crippen molar-refractivity contribution in [2.45, 2.75) is 23.6 Å². The van der Waals surface area contributed by atoms with Gasteiger partial charge in [0.2, 0.25) is 11.8 Å². The van der Waals surface area contributed by atoms with Crippen molar-refractivity contribution in [2.75, 3.05) is 27.4 Å². The molecule has 10 nitrogen and oxygen atoms in total. The fraction of sp³-hybridized carbons (Fsp3) is 0.211. The van der Waals surface area contributed by atoms with E-state index in [0.717, 1.165) is 58.7 Å². The molecule has 0 fully saturated rings. The topological polar surface area (TPSA) is 86.6 Å². The molecule has 0 aliphatic carbocycles. The minimum Gasteiger partial charge on any atom is -0.497 e. The Bertz CT molecular complexity index is 1800. The fourth-order valence-electron chi connectivity index (χ4n) is 5.74. The van der Waals surface area contributed by atoms with Crippen LogP contribution in [0.2, 0.25) is 0 Å². The van der Waals surface area contributed by atoms with Crippen LogP contribution in [0.15, 0.2) is 130 Å². The predicted octanol–water partition coefficient (Wildman–Crippen LogP) is 8.03.